The van der Waals surface area contributed by atoms with Gasteiger partial charge in [0, 0.05) is 7.11 Å². The summed E-state index contributed by atoms with van der Waals surface area (Å²) in [7, 11) is 1.94. The lowest BCUT2D eigenvalue weighted by molar-refractivity contribution is -0.101. The summed E-state index contributed by atoms with van der Waals surface area (Å²) in [5, 5.41) is 0. The van der Waals surface area contributed by atoms with Crippen molar-refractivity contribution in [1.29, 1.82) is 0 Å². The van der Waals surface area contributed by atoms with E-state index in [1.54, 1.807) is 0 Å². The highest BCUT2D eigenvalue weighted by atomic mass is 16.4. The van der Waals surface area contributed by atoms with Crippen LogP contribution in [0.3, 0.4) is 0 Å². The van der Waals surface area contributed by atoms with Crippen molar-refractivity contribution >= 4 is 6.92 Å². The molecule has 0 spiro atoms. The molecule has 5 atom stereocenters. The third-order valence-corrected chi connectivity index (χ3v) is 6.68. The standard InChI is InChI=1S/C17H33BO/c1-7-8-9-12(2)18(19-6)16-11-14-10-15(13(16)3)17(14,4)5/h12-16H,7-11H2,1-6H3/t12?,13-,14+,15+,16+/m0/s1. The van der Waals surface area contributed by atoms with Crippen molar-refractivity contribution in [2.45, 2.75) is 78.4 Å². The van der Waals surface area contributed by atoms with Crippen molar-refractivity contribution in [3.63, 3.8) is 0 Å². The predicted molar refractivity (Wildman–Crippen MR) is 84.6 cm³/mol. The molecule has 2 heteroatoms. The van der Waals surface area contributed by atoms with E-state index in [1.165, 1.54) is 32.1 Å². The molecule has 0 aromatic heterocycles. The molecule has 0 N–H and O–H groups in total. The zero-order valence-corrected chi connectivity index (χ0v) is 13.9. The van der Waals surface area contributed by atoms with E-state index in [9.17, 15) is 0 Å². The first kappa shape index (κ1) is 15.4. The van der Waals surface area contributed by atoms with Gasteiger partial charge in [0.25, 0.3) is 6.92 Å². The van der Waals surface area contributed by atoms with Crippen LogP contribution in [0.25, 0.3) is 0 Å². The first-order valence-corrected chi connectivity index (χ1v) is 8.46. The topological polar surface area (TPSA) is 9.23 Å². The average Bonchev–Trinajstić information content (AvgIpc) is 2.38. The quantitative estimate of drug-likeness (QED) is 0.593. The lowest BCUT2D eigenvalue weighted by Crippen LogP contribution is -2.56. The van der Waals surface area contributed by atoms with Gasteiger partial charge in [-0.15, -0.1) is 0 Å². The largest absolute Gasteiger partial charge is 0.438 e. The van der Waals surface area contributed by atoms with E-state index in [4.69, 9.17) is 4.65 Å². The number of hydrogen-bond donors (Lipinski definition) is 0. The third-order valence-electron chi connectivity index (χ3n) is 6.68. The molecule has 0 aliphatic heterocycles. The fourth-order valence-electron chi connectivity index (χ4n) is 5.14. The Balaban J connectivity index is 2.01. The summed E-state index contributed by atoms with van der Waals surface area (Å²) in [6.07, 6.45) is 6.86. The first-order chi connectivity index (χ1) is 8.93. The maximum absolute atomic E-state index is 5.96. The van der Waals surface area contributed by atoms with E-state index < -0.39 is 0 Å². The molecule has 3 saturated carbocycles. The molecule has 3 aliphatic carbocycles. The lowest BCUT2D eigenvalue weighted by atomic mass is 9.32. The molecule has 1 unspecified atom stereocenters. The fraction of sp³-hybridized carbons (Fsp3) is 1.00. The van der Waals surface area contributed by atoms with Crippen LogP contribution in [0.5, 0.6) is 0 Å². The Bertz CT molecular complexity index is 302. The van der Waals surface area contributed by atoms with E-state index in [0.29, 0.717) is 12.3 Å². The molecule has 1 nitrogen and oxygen atoms in total. The molecule has 0 amide bonds. The second kappa shape index (κ2) is 5.80. The van der Waals surface area contributed by atoms with Gasteiger partial charge in [-0.2, -0.15) is 0 Å². The van der Waals surface area contributed by atoms with Crippen LogP contribution in [-0.2, 0) is 4.65 Å². The Morgan fingerprint density at radius 1 is 1.32 bits per heavy atom. The van der Waals surface area contributed by atoms with Crippen LogP contribution in [0.1, 0.15) is 66.7 Å². The maximum atomic E-state index is 5.96. The van der Waals surface area contributed by atoms with E-state index in [-0.39, 0.29) is 0 Å². The molecule has 0 radical (unpaired) electrons. The van der Waals surface area contributed by atoms with E-state index in [2.05, 4.69) is 34.6 Å². The van der Waals surface area contributed by atoms with E-state index >= 15 is 0 Å². The summed E-state index contributed by atoms with van der Waals surface area (Å²) in [6.45, 7) is 12.6. The summed E-state index contributed by atoms with van der Waals surface area (Å²) < 4.78 is 5.96. The third kappa shape index (κ3) is 2.62. The van der Waals surface area contributed by atoms with Gasteiger partial charge in [-0.25, -0.2) is 0 Å². The molecule has 110 valence electrons. The van der Waals surface area contributed by atoms with E-state index in [0.717, 1.165) is 29.4 Å². The minimum Gasteiger partial charge on any atom is -0.438 e. The monoisotopic (exact) mass is 264 g/mol. The summed E-state index contributed by atoms with van der Waals surface area (Å²) >= 11 is 0. The van der Waals surface area contributed by atoms with Crippen molar-refractivity contribution in [3.8, 4) is 0 Å². The second-order valence-electron chi connectivity index (χ2n) is 7.94. The molecule has 19 heavy (non-hydrogen) atoms. The molecule has 3 fully saturated rings. The van der Waals surface area contributed by atoms with Crippen LogP contribution >= 0.6 is 0 Å². The zero-order valence-electron chi connectivity index (χ0n) is 13.9. The molecule has 3 rings (SSSR count). The summed E-state index contributed by atoms with van der Waals surface area (Å²) in [5.74, 6) is 4.25. The normalized spacial score (nSPS) is 37.6. The Kier molecular flexibility index (Phi) is 4.70. The molecule has 2 bridgehead atoms. The Morgan fingerprint density at radius 3 is 2.47 bits per heavy atom. The molecule has 0 saturated heterocycles. The Hall–Kier alpha value is 0.0249. The molecule has 0 heterocycles. The van der Waals surface area contributed by atoms with Gasteiger partial charge < -0.3 is 4.65 Å². The van der Waals surface area contributed by atoms with Crippen LogP contribution in [0.4, 0.5) is 0 Å². The van der Waals surface area contributed by atoms with Crippen LogP contribution < -0.4 is 0 Å². The number of unbranched alkanes of at least 4 members (excludes halogenated alkanes) is 1. The second-order valence-corrected chi connectivity index (χ2v) is 7.94. The van der Waals surface area contributed by atoms with Gasteiger partial charge in [-0.05, 0) is 41.2 Å². The zero-order chi connectivity index (χ0) is 14.2. The average molecular weight is 264 g/mol. The minimum absolute atomic E-state index is 0.489. The van der Waals surface area contributed by atoms with Crippen molar-refractivity contribution in [3.05, 3.63) is 0 Å². The number of rotatable bonds is 6. The highest BCUT2D eigenvalue weighted by Crippen LogP contribution is 2.65. The number of fused-ring (bicyclic) bond motifs is 2. The van der Waals surface area contributed by atoms with Gasteiger partial charge in [0.05, 0.1) is 0 Å². The van der Waals surface area contributed by atoms with Gasteiger partial charge in [0.1, 0.15) is 0 Å². The Labute approximate surface area is 121 Å². The maximum Gasteiger partial charge on any atom is 0.298 e. The highest BCUT2D eigenvalue weighted by Gasteiger charge is 2.58. The van der Waals surface area contributed by atoms with Crippen molar-refractivity contribution in [2.24, 2.45) is 23.2 Å². The summed E-state index contributed by atoms with van der Waals surface area (Å²) in [4.78, 5) is 0. The highest BCUT2D eigenvalue weighted by molar-refractivity contribution is 6.55. The van der Waals surface area contributed by atoms with Gasteiger partial charge in [0.2, 0.25) is 0 Å². The predicted octanol–water partition coefficient (Wildman–Crippen LogP) is 5.28. The van der Waals surface area contributed by atoms with E-state index in [1.807, 2.05) is 7.11 Å². The Morgan fingerprint density at radius 2 is 2.00 bits per heavy atom. The van der Waals surface area contributed by atoms with Crippen LogP contribution in [0.15, 0.2) is 0 Å². The molecule has 0 aromatic rings. The van der Waals surface area contributed by atoms with Gasteiger partial charge in [-0.1, -0.05) is 60.3 Å². The molecular formula is C17H33BO. The van der Waals surface area contributed by atoms with Crippen LogP contribution in [-0.4, -0.2) is 14.0 Å². The van der Waals surface area contributed by atoms with Gasteiger partial charge in [-0.3, -0.25) is 0 Å². The van der Waals surface area contributed by atoms with Crippen molar-refractivity contribution in [2.75, 3.05) is 7.11 Å². The van der Waals surface area contributed by atoms with Crippen molar-refractivity contribution < 1.29 is 4.65 Å². The minimum atomic E-state index is 0.489. The summed E-state index contributed by atoms with van der Waals surface area (Å²) in [6, 6.07) is 0. The van der Waals surface area contributed by atoms with Gasteiger partial charge >= 0.3 is 0 Å². The van der Waals surface area contributed by atoms with Crippen LogP contribution in [0.2, 0.25) is 11.6 Å². The first-order valence-electron chi connectivity index (χ1n) is 8.46. The SMILES string of the molecule is CCCCC(C)B(OC)[C@@H]1C[C@H]2C[C@H]([C@@H]1C)C2(C)C. The van der Waals surface area contributed by atoms with Gasteiger partial charge in [0.15, 0.2) is 0 Å². The van der Waals surface area contributed by atoms with Crippen molar-refractivity contribution in [1.82, 2.24) is 0 Å². The smallest absolute Gasteiger partial charge is 0.298 e. The molecule has 0 aromatic carbocycles. The molecular weight excluding hydrogens is 231 g/mol. The fourth-order valence-corrected chi connectivity index (χ4v) is 5.14. The lowest BCUT2D eigenvalue weighted by Gasteiger charge is -2.63. The molecule has 3 aliphatic rings. The number of hydrogen-bond acceptors (Lipinski definition) is 1. The van der Waals surface area contributed by atoms with Crippen LogP contribution in [0, 0.1) is 23.2 Å². The summed E-state index contributed by atoms with van der Waals surface area (Å²) in [5.41, 5.74) is 0.598.